The molecule has 1 aliphatic heterocycles. The van der Waals surface area contributed by atoms with Crippen molar-refractivity contribution in [2.45, 2.75) is 49.0 Å². The molecule has 0 saturated carbocycles. The van der Waals surface area contributed by atoms with Gasteiger partial charge in [0, 0.05) is 24.5 Å². The normalized spacial score (nSPS) is 21.5. The lowest BCUT2D eigenvalue weighted by molar-refractivity contribution is -0.0891. The maximum Gasteiger partial charge on any atom is 0.240 e. The van der Waals surface area contributed by atoms with Gasteiger partial charge in [-0.1, -0.05) is 5.21 Å². The Morgan fingerprint density at radius 1 is 1.22 bits per heavy atom. The first kappa shape index (κ1) is 22.5. The molecular formula is C21H24FN5O4S. The third-order valence-electron chi connectivity index (χ3n) is 5.40. The molecule has 1 saturated heterocycles. The molecule has 1 aliphatic rings. The van der Waals surface area contributed by atoms with Gasteiger partial charge in [0.2, 0.25) is 10.0 Å². The molecule has 0 radical (unpaired) electrons. The molecular weight excluding hydrogens is 437 g/mol. The second-order valence-electron chi connectivity index (χ2n) is 7.64. The van der Waals surface area contributed by atoms with Gasteiger partial charge in [0.05, 0.1) is 35.9 Å². The zero-order chi connectivity index (χ0) is 22.6. The molecule has 9 nitrogen and oxygen atoms in total. The van der Waals surface area contributed by atoms with Crippen LogP contribution in [-0.4, -0.2) is 58.4 Å². The number of nitrogens with zero attached hydrogens (tertiary/aromatic N) is 4. The van der Waals surface area contributed by atoms with E-state index in [2.05, 4.69) is 20.0 Å². The van der Waals surface area contributed by atoms with Crippen LogP contribution in [0.5, 0.6) is 0 Å². The van der Waals surface area contributed by atoms with Crippen LogP contribution in [0.1, 0.15) is 19.3 Å². The highest BCUT2D eigenvalue weighted by Crippen LogP contribution is 2.24. The van der Waals surface area contributed by atoms with Crippen LogP contribution in [0.4, 0.5) is 4.39 Å². The van der Waals surface area contributed by atoms with Gasteiger partial charge in [0.15, 0.2) is 0 Å². The summed E-state index contributed by atoms with van der Waals surface area (Å²) in [6.07, 6.45) is 6.20. The summed E-state index contributed by atoms with van der Waals surface area (Å²) in [5.74, 6) is -0.513. The Balaban J connectivity index is 1.33. The molecule has 3 heterocycles. The van der Waals surface area contributed by atoms with E-state index in [0.717, 1.165) is 23.4 Å². The van der Waals surface area contributed by atoms with Gasteiger partial charge in [-0.3, -0.25) is 9.67 Å². The second kappa shape index (κ2) is 9.82. The first-order valence-electron chi connectivity index (χ1n) is 10.3. The zero-order valence-corrected chi connectivity index (χ0v) is 18.0. The standard InChI is InChI=1S/C21H24FN5O4S/c22-16-3-6-18(7-4-16)32(29,30)25-19-8-5-17(31-21(19)14-28)9-11-27-13-20(24-26-27)15-2-1-10-23-12-15/h1-4,6-7,10,12-13,17,19,21,25,28H,5,8-9,11,14H2/t17-,19-,21+/m1/s1. The number of hydrogen-bond donors (Lipinski definition) is 2. The third kappa shape index (κ3) is 5.36. The first-order chi connectivity index (χ1) is 15.4. The fourth-order valence-electron chi connectivity index (χ4n) is 3.69. The van der Waals surface area contributed by atoms with Crippen LogP contribution >= 0.6 is 0 Å². The van der Waals surface area contributed by atoms with E-state index in [9.17, 15) is 17.9 Å². The predicted molar refractivity (Wildman–Crippen MR) is 113 cm³/mol. The van der Waals surface area contributed by atoms with Crippen molar-refractivity contribution >= 4 is 10.0 Å². The van der Waals surface area contributed by atoms with Gasteiger partial charge in [0.25, 0.3) is 0 Å². The van der Waals surface area contributed by atoms with E-state index >= 15 is 0 Å². The Morgan fingerprint density at radius 2 is 2.03 bits per heavy atom. The number of rotatable bonds is 8. The Labute approximate surface area is 185 Å². The Kier molecular flexibility index (Phi) is 6.89. The molecule has 32 heavy (non-hydrogen) atoms. The van der Waals surface area contributed by atoms with E-state index in [4.69, 9.17) is 4.74 Å². The average Bonchev–Trinajstić information content (AvgIpc) is 3.28. The average molecular weight is 462 g/mol. The van der Waals surface area contributed by atoms with Crippen molar-refractivity contribution in [3.8, 4) is 11.3 Å². The van der Waals surface area contributed by atoms with Crippen LogP contribution in [0.15, 0.2) is 59.9 Å². The van der Waals surface area contributed by atoms with Gasteiger partial charge >= 0.3 is 0 Å². The predicted octanol–water partition coefficient (Wildman–Crippen LogP) is 1.76. The maximum absolute atomic E-state index is 13.1. The van der Waals surface area contributed by atoms with Crippen molar-refractivity contribution in [2.75, 3.05) is 6.61 Å². The summed E-state index contributed by atoms with van der Waals surface area (Å²) in [5, 5.41) is 18.0. The minimum absolute atomic E-state index is 0.0340. The number of sulfonamides is 1. The van der Waals surface area contributed by atoms with Crippen LogP contribution in [0, 0.1) is 5.82 Å². The zero-order valence-electron chi connectivity index (χ0n) is 17.2. The number of aromatic nitrogens is 4. The SMILES string of the molecule is O=S(=O)(N[C@@H]1CC[C@H](CCn2cc(-c3cccnc3)nn2)O[C@H]1CO)c1ccc(F)cc1. The molecule has 170 valence electrons. The van der Waals surface area contributed by atoms with Gasteiger partial charge in [0.1, 0.15) is 11.5 Å². The van der Waals surface area contributed by atoms with E-state index in [0.29, 0.717) is 25.8 Å². The molecule has 0 unspecified atom stereocenters. The van der Waals surface area contributed by atoms with Crippen molar-refractivity contribution in [2.24, 2.45) is 0 Å². The summed E-state index contributed by atoms with van der Waals surface area (Å²) in [7, 11) is -3.85. The quantitative estimate of drug-likeness (QED) is 0.525. The molecule has 0 amide bonds. The smallest absolute Gasteiger partial charge is 0.240 e. The fraction of sp³-hybridized carbons (Fsp3) is 0.381. The molecule has 3 aromatic rings. The molecule has 1 aromatic carbocycles. The molecule has 2 aromatic heterocycles. The minimum atomic E-state index is -3.85. The van der Waals surface area contributed by atoms with Crippen LogP contribution in [0.3, 0.4) is 0 Å². The first-order valence-corrected chi connectivity index (χ1v) is 11.8. The van der Waals surface area contributed by atoms with E-state index in [1.165, 1.54) is 12.1 Å². The van der Waals surface area contributed by atoms with Gasteiger partial charge < -0.3 is 9.84 Å². The van der Waals surface area contributed by atoms with Crippen molar-refractivity contribution in [3.63, 3.8) is 0 Å². The maximum atomic E-state index is 13.1. The Hall–Kier alpha value is -2.73. The minimum Gasteiger partial charge on any atom is -0.394 e. The number of hydrogen-bond acceptors (Lipinski definition) is 7. The lowest BCUT2D eigenvalue weighted by Gasteiger charge is -2.36. The number of halogens is 1. The number of aryl methyl sites for hydroxylation is 1. The topological polar surface area (TPSA) is 119 Å². The number of pyridine rings is 1. The number of ether oxygens (including phenoxy) is 1. The molecule has 3 atom stereocenters. The lowest BCUT2D eigenvalue weighted by Crippen LogP contribution is -2.50. The van der Waals surface area contributed by atoms with E-state index in [1.807, 2.05) is 18.3 Å². The summed E-state index contributed by atoms with van der Waals surface area (Å²) in [5.41, 5.74) is 1.61. The summed E-state index contributed by atoms with van der Waals surface area (Å²) in [6, 6.07) is 7.76. The summed E-state index contributed by atoms with van der Waals surface area (Å²) in [6.45, 7) is 0.254. The Morgan fingerprint density at radius 3 is 2.75 bits per heavy atom. The van der Waals surface area contributed by atoms with Crippen molar-refractivity contribution in [3.05, 3.63) is 60.8 Å². The number of aliphatic hydroxyl groups excluding tert-OH is 1. The summed E-state index contributed by atoms with van der Waals surface area (Å²) in [4.78, 5) is 4.04. The number of aliphatic hydroxyl groups is 1. The monoisotopic (exact) mass is 461 g/mol. The van der Waals surface area contributed by atoms with Crippen molar-refractivity contribution < 1.29 is 22.7 Å². The van der Waals surface area contributed by atoms with Crippen LogP contribution < -0.4 is 4.72 Å². The highest BCUT2D eigenvalue weighted by molar-refractivity contribution is 7.89. The van der Waals surface area contributed by atoms with Gasteiger partial charge in [-0.15, -0.1) is 5.10 Å². The largest absolute Gasteiger partial charge is 0.394 e. The van der Waals surface area contributed by atoms with Crippen molar-refractivity contribution in [1.29, 1.82) is 0 Å². The molecule has 2 N–H and O–H groups in total. The van der Waals surface area contributed by atoms with Gasteiger partial charge in [-0.05, 0) is 55.7 Å². The van der Waals surface area contributed by atoms with Gasteiger partial charge in [-0.2, -0.15) is 0 Å². The molecule has 1 fully saturated rings. The molecule has 11 heteroatoms. The van der Waals surface area contributed by atoms with E-state index in [-0.39, 0.29) is 17.6 Å². The van der Waals surface area contributed by atoms with E-state index in [1.54, 1.807) is 17.1 Å². The molecule has 4 rings (SSSR count). The van der Waals surface area contributed by atoms with Crippen LogP contribution in [0.25, 0.3) is 11.3 Å². The number of benzene rings is 1. The molecule has 0 aliphatic carbocycles. The number of nitrogens with one attached hydrogen (secondary N) is 1. The lowest BCUT2D eigenvalue weighted by atomic mass is 9.98. The highest BCUT2D eigenvalue weighted by Gasteiger charge is 2.34. The summed E-state index contributed by atoms with van der Waals surface area (Å²) < 4.78 is 48.5. The third-order valence-corrected chi connectivity index (χ3v) is 6.91. The van der Waals surface area contributed by atoms with Crippen molar-refractivity contribution in [1.82, 2.24) is 24.7 Å². The fourth-order valence-corrected chi connectivity index (χ4v) is 4.99. The molecule has 0 bridgehead atoms. The Bertz CT molecular complexity index is 1120. The molecule has 0 spiro atoms. The van der Waals surface area contributed by atoms with E-state index < -0.39 is 28.0 Å². The van der Waals surface area contributed by atoms with Crippen LogP contribution in [-0.2, 0) is 21.3 Å². The second-order valence-corrected chi connectivity index (χ2v) is 9.35. The van der Waals surface area contributed by atoms with Gasteiger partial charge in [-0.25, -0.2) is 17.5 Å². The summed E-state index contributed by atoms with van der Waals surface area (Å²) >= 11 is 0. The van der Waals surface area contributed by atoms with Crippen LogP contribution in [0.2, 0.25) is 0 Å². The highest BCUT2D eigenvalue weighted by atomic mass is 32.2.